The highest BCUT2D eigenvalue weighted by molar-refractivity contribution is 5.80. The zero-order valence-corrected chi connectivity index (χ0v) is 14.7. The van der Waals surface area contributed by atoms with Crippen LogP contribution in [0, 0.1) is 5.92 Å². The minimum absolute atomic E-state index is 0.0757. The maximum absolute atomic E-state index is 12.9. The van der Waals surface area contributed by atoms with E-state index in [0.29, 0.717) is 38.0 Å². The summed E-state index contributed by atoms with van der Waals surface area (Å²) in [6.07, 6.45) is 4.74. The Kier molecular flexibility index (Phi) is 5.11. The van der Waals surface area contributed by atoms with Crippen LogP contribution in [0.2, 0.25) is 0 Å². The van der Waals surface area contributed by atoms with E-state index < -0.39 is 0 Å². The highest BCUT2D eigenvalue weighted by atomic mass is 16.5. The molecule has 2 aromatic rings. The lowest BCUT2D eigenvalue weighted by molar-refractivity contribution is -0.136. The SMILES string of the molecule is COc1ccnc(N2CCN(C(=O)[C@@H](C(C)C)n3cncn3)CC2)n1. The standard InChI is InChI=1S/C16H23N7O2/c1-12(2)14(23-11-17-10-19-23)15(24)21-6-8-22(9-7-21)16-18-5-4-13(20-16)25-3/h4-5,10-12,14H,6-9H2,1-3H3/t14-/m1/s1. The first-order valence-electron chi connectivity index (χ1n) is 8.35. The summed E-state index contributed by atoms with van der Waals surface area (Å²) < 4.78 is 6.79. The first kappa shape index (κ1) is 17.1. The van der Waals surface area contributed by atoms with E-state index >= 15 is 0 Å². The van der Waals surface area contributed by atoms with Crippen LogP contribution in [0.1, 0.15) is 19.9 Å². The average molecular weight is 345 g/mol. The number of aromatic nitrogens is 5. The molecule has 9 nitrogen and oxygen atoms in total. The number of carbonyl (C=O) groups excluding carboxylic acids is 1. The Labute approximate surface area is 146 Å². The number of nitrogens with zero attached hydrogens (tertiary/aromatic N) is 7. The van der Waals surface area contributed by atoms with Crippen LogP contribution in [-0.2, 0) is 4.79 Å². The van der Waals surface area contributed by atoms with Crippen molar-refractivity contribution >= 4 is 11.9 Å². The molecule has 1 fully saturated rings. The molecule has 1 aliphatic heterocycles. The van der Waals surface area contributed by atoms with E-state index in [1.807, 2.05) is 18.7 Å². The van der Waals surface area contributed by atoms with Gasteiger partial charge in [-0.15, -0.1) is 0 Å². The normalized spacial score (nSPS) is 16.2. The molecule has 0 spiro atoms. The summed E-state index contributed by atoms with van der Waals surface area (Å²) >= 11 is 0. The molecule has 3 rings (SSSR count). The van der Waals surface area contributed by atoms with Crippen molar-refractivity contribution in [2.24, 2.45) is 5.92 Å². The fraction of sp³-hybridized carbons (Fsp3) is 0.562. The molecule has 0 unspecified atom stereocenters. The van der Waals surface area contributed by atoms with Crippen molar-refractivity contribution in [1.82, 2.24) is 29.6 Å². The highest BCUT2D eigenvalue weighted by Gasteiger charge is 2.31. The van der Waals surface area contributed by atoms with Crippen molar-refractivity contribution in [3.8, 4) is 5.88 Å². The first-order valence-corrected chi connectivity index (χ1v) is 8.35. The van der Waals surface area contributed by atoms with Crippen LogP contribution in [0.25, 0.3) is 0 Å². The first-order chi connectivity index (χ1) is 12.1. The number of rotatable bonds is 5. The minimum Gasteiger partial charge on any atom is -0.481 e. The Balaban J connectivity index is 1.66. The Morgan fingerprint density at radius 1 is 1.24 bits per heavy atom. The molecule has 0 bridgehead atoms. The molecule has 1 amide bonds. The van der Waals surface area contributed by atoms with Gasteiger partial charge in [-0.3, -0.25) is 4.79 Å². The third-order valence-corrected chi connectivity index (χ3v) is 4.31. The van der Waals surface area contributed by atoms with Gasteiger partial charge >= 0.3 is 0 Å². The second-order valence-electron chi connectivity index (χ2n) is 6.28. The highest BCUT2D eigenvalue weighted by Crippen LogP contribution is 2.21. The summed E-state index contributed by atoms with van der Waals surface area (Å²) in [7, 11) is 1.58. The summed E-state index contributed by atoms with van der Waals surface area (Å²) in [6.45, 7) is 6.64. The fourth-order valence-corrected chi connectivity index (χ4v) is 2.98. The van der Waals surface area contributed by atoms with Gasteiger partial charge in [0.15, 0.2) is 0 Å². The second kappa shape index (κ2) is 7.45. The number of hydrogen-bond donors (Lipinski definition) is 0. The Hall–Kier alpha value is -2.71. The third kappa shape index (κ3) is 3.70. The van der Waals surface area contributed by atoms with Crippen molar-refractivity contribution in [1.29, 1.82) is 0 Å². The molecule has 0 radical (unpaired) electrons. The van der Waals surface area contributed by atoms with Crippen LogP contribution >= 0.6 is 0 Å². The molecule has 9 heteroatoms. The lowest BCUT2D eigenvalue weighted by Crippen LogP contribution is -2.51. The average Bonchev–Trinajstić information content (AvgIpc) is 3.15. The van der Waals surface area contributed by atoms with Gasteiger partial charge in [-0.2, -0.15) is 10.1 Å². The lowest BCUT2D eigenvalue weighted by Gasteiger charge is -2.37. The number of carbonyl (C=O) groups is 1. The van der Waals surface area contributed by atoms with Gasteiger partial charge in [0.1, 0.15) is 18.7 Å². The number of piperazine rings is 1. The zero-order valence-electron chi connectivity index (χ0n) is 14.7. The molecule has 1 atom stereocenters. The number of anilines is 1. The van der Waals surface area contributed by atoms with Crippen molar-refractivity contribution in [3.05, 3.63) is 24.9 Å². The van der Waals surface area contributed by atoms with Crippen LogP contribution < -0.4 is 9.64 Å². The van der Waals surface area contributed by atoms with E-state index in [0.717, 1.165) is 0 Å². The van der Waals surface area contributed by atoms with E-state index in [2.05, 4.69) is 25.0 Å². The maximum Gasteiger partial charge on any atom is 0.247 e. The largest absolute Gasteiger partial charge is 0.481 e. The molecule has 0 N–H and O–H groups in total. The van der Waals surface area contributed by atoms with Gasteiger partial charge in [0.25, 0.3) is 0 Å². The van der Waals surface area contributed by atoms with Crippen LogP contribution in [0.3, 0.4) is 0 Å². The molecular weight excluding hydrogens is 322 g/mol. The monoisotopic (exact) mass is 345 g/mol. The maximum atomic E-state index is 12.9. The van der Waals surface area contributed by atoms with Gasteiger partial charge < -0.3 is 14.5 Å². The van der Waals surface area contributed by atoms with E-state index in [1.165, 1.54) is 6.33 Å². The third-order valence-electron chi connectivity index (χ3n) is 4.31. The number of ether oxygens (including phenoxy) is 1. The zero-order chi connectivity index (χ0) is 17.8. The van der Waals surface area contributed by atoms with Crippen molar-refractivity contribution in [2.75, 3.05) is 38.2 Å². The van der Waals surface area contributed by atoms with Crippen LogP contribution in [0.5, 0.6) is 5.88 Å². The van der Waals surface area contributed by atoms with Gasteiger partial charge in [0.05, 0.1) is 7.11 Å². The summed E-state index contributed by atoms with van der Waals surface area (Å²) in [5.74, 6) is 1.37. The number of amides is 1. The van der Waals surface area contributed by atoms with Gasteiger partial charge in [0.2, 0.25) is 17.7 Å². The van der Waals surface area contributed by atoms with Gasteiger partial charge in [-0.25, -0.2) is 14.6 Å². The van der Waals surface area contributed by atoms with E-state index in [-0.39, 0.29) is 17.9 Å². The van der Waals surface area contributed by atoms with Crippen molar-refractivity contribution in [3.63, 3.8) is 0 Å². The molecule has 1 aliphatic rings. The topological polar surface area (TPSA) is 89.3 Å². The molecule has 134 valence electrons. The summed E-state index contributed by atoms with van der Waals surface area (Å²) in [5, 5.41) is 4.15. The van der Waals surface area contributed by atoms with E-state index in [4.69, 9.17) is 4.74 Å². The number of methoxy groups -OCH3 is 1. The summed E-state index contributed by atoms with van der Waals surface area (Å²) in [5.41, 5.74) is 0. The predicted molar refractivity (Wildman–Crippen MR) is 91.3 cm³/mol. The van der Waals surface area contributed by atoms with E-state index in [1.54, 1.807) is 30.4 Å². The Morgan fingerprint density at radius 2 is 2.00 bits per heavy atom. The molecule has 2 aromatic heterocycles. The molecular formula is C16H23N7O2. The summed E-state index contributed by atoms with van der Waals surface area (Å²) in [4.78, 5) is 29.5. The van der Waals surface area contributed by atoms with Gasteiger partial charge in [0, 0.05) is 38.4 Å². The number of hydrogen-bond acceptors (Lipinski definition) is 7. The Morgan fingerprint density at radius 3 is 2.60 bits per heavy atom. The van der Waals surface area contributed by atoms with Crippen molar-refractivity contribution < 1.29 is 9.53 Å². The second-order valence-corrected chi connectivity index (χ2v) is 6.28. The van der Waals surface area contributed by atoms with Crippen LogP contribution in [0.15, 0.2) is 24.9 Å². The fourth-order valence-electron chi connectivity index (χ4n) is 2.98. The minimum atomic E-state index is -0.331. The smallest absolute Gasteiger partial charge is 0.247 e. The summed E-state index contributed by atoms with van der Waals surface area (Å²) in [6, 6.07) is 1.39. The predicted octanol–water partition coefficient (Wildman–Crippen LogP) is 0.623. The van der Waals surface area contributed by atoms with Crippen LogP contribution in [-0.4, -0.2) is 68.8 Å². The molecule has 0 saturated carbocycles. The molecule has 1 saturated heterocycles. The molecule has 25 heavy (non-hydrogen) atoms. The lowest BCUT2D eigenvalue weighted by atomic mass is 10.0. The van der Waals surface area contributed by atoms with Gasteiger partial charge in [-0.1, -0.05) is 13.8 Å². The quantitative estimate of drug-likeness (QED) is 0.785. The van der Waals surface area contributed by atoms with Crippen LogP contribution in [0.4, 0.5) is 5.95 Å². The Bertz CT molecular complexity index is 696. The van der Waals surface area contributed by atoms with Gasteiger partial charge in [-0.05, 0) is 5.92 Å². The van der Waals surface area contributed by atoms with E-state index in [9.17, 15) is 4.79 Å². The molecule has 3 heterocycles. The van der Waals surface area contributed by atoms with Crippen molar-refractivity contribution in [2.45, 2.75) is 19.9 Å². The molecule has 0 aliphatic carbocycles. The molecule has 0 aromatic carbocycles.